The molecule has 0 spiro atoms. The summed E-state index contributed by atoms with van der Waals surface area (Å²) in [5.41, 5.74) is 6.42. The summed E-state index contributed by atoms with van der Waals surface area (Å²) in [6, 6.07) is 15.2. The van der Waals surface area contributed by atoms with Gasteiger partial charge in [-0.15, -0.1) is 0 Å². The zero-order chi connectivity index (χ0) is 16.3. The molecular formula is C20H21N4+. The number of aryl methyl sites for hydroxylation is 2. The topological polar surface area (TPSA) is 24.4 Å². The molecule has 3 heterocycles. The Labute approximate surface area is 141 Å². The highest BCUT2D eigenvalue weighted by atomic mass is 15.4. The van der Waals surface area contributed by atoms with Gasteiger partial charge in [-0.1, -0.05) is 24.3 Å². The highest BCUT2D eigenvalue weighted by Crippen LogP contribution is 2.39. The van der Waals surface area contributed by atoms with E-state index in [0.29, 0.717) is 0 Å². The van der Waals surface area contributed by atoms with Gasteiger partial charge in [0.15, 0.2) is 11.0 Å². The monoisotopic (exact) mass is 317 g/mol. The van der Waals surface area contributed by atoms with Crippen molar-refractivity contribution in [3.63, 3.8) is 0 Å². The van der Waals surface area contributed by atoms with E-state index in [4.69, 9.17) is 4.99 Å². The number of hydrogen-bond acceptors (Lipinski definition) is 2. The first-order valence-corrected chi connectivity index (χ1v) is 8.69. The molecule has 0 N–H and O–H groups in total. The summed E-state index contributed by atoms with van der Waals surface area (Å²) in [5.74, 6) is 2.32. The van der Waals surface area contributed by atoms with E-state index in [-0.39, 0.29) is 0 Å². The fourth-order valence-corrected chi connectivity index (χ4v) is 4.13. The van der Waals surface area contributed by atoms with Gasteiger partial charge in [-0.2, -0.15) is 4.57 Å². The third kappa shape index (κ3) is 1.68. The molecule has 0 fully saturated rings. The van der Waals surface area contributed by atoms with Crippen LogP contribution in [-0.2, 0) is 7.05 Å². The van der Waals surface area contributed by atoms with Crippen molar-refractivity contribution in [1.82, 2.24) is 4.57 Å². The number of imidazole rings is 1. The molecule has 0 saturated heterocycles. The maximum atomic E-state index is 4.97. The van der Waals surface area contributed by atoms with Crippen LogP contribution in [0.1, 0.15) is 18.4 Å². The number of nitrogens with zero attached hydrogens (tertiary/aromatic N) is 4. The summed E-state index contributed by atoms with van der Waals surface area (Å²) in [4.78, 5) is 7.38. The second-order valence-corrected chi connectivity index (χ2v) is 6.72. The van der Waals surface area contributed by atoms with Crippen LogP contribution >= 0.6 is 0 Å². The summed E-state index contributed by atoms with van der Waals surface area (Å²) in [6.07, 6.45) is 2.34. The molecule has 120 valence electrons. The van der Waals surface area contributed by atoms with Crippen LogP contribution in [0.4, 0.5) is 5.69 Å². The summed E-state index contributed by atoms with van der Waals surface area (Å²) < 4.78 is 4.67. The molecule has 0 aliphatic carbocycles. The van der Waals surface area contributed by atoms with Gasteiger partial charge in [0.25, 0.3) is 5.82 Å². The van der Waals surface area contributed by atoms with Crippen molar-refractivity contribution >= 4 is 22.7 Å². The molecule has 0 amide bonds. The zero-order valence-electron chi connectivity index (χ0n) is 14.2. The van der Waals surface area contributed by atoms with E-state index >= 15 is 0 Å². The quantitative estimate of drug-likeness (QED) is 0.584. The van der Waals surface area contributed by atoms with Gasteiger partial charge in [0, 0.05) is 13.1 Å². The molecule has 3 aromatic rings. The number of benzene rings is 2. The Morgan fingerprint density at radius 3 is 2.83 bits per heavy atom. The molecule has 2 aliphatic heterocycles. The number of fused-ring (bicyclic) bond motifs is 8. The molecule has 0 saturated carbocycles. The average molecular weight is 317 g/mol. The fraction of sp³-hybridized carbons (Fsp3) is 0.300. The fourth-order valence-electron chi connectivity index (χ4n) is 4.13. The molecule has 4 nitrogen and oxygen atoms in total. The smallest absolute Gasteiger partial charge is 0.291 e. The van der Waals surface area contributed by atoms with Crippen molar-refractivity contribution < 1.29 is 4.57 Å². The van der Waals surface area contributed by atoms with E-state index < -0.39 is 0 Å². The predicted molar refractivity (Wildman–Crippen MR) is 97.6 cm³/mol. The lowest BCUT2D eigenvalue weighted by molar-refractivity contribution is -0.633. The third-order valence-corrected chi connectivity index (χ3v) is 5.26. The van der Waals surface area contributed by atoms with Crippen LogP contribution in [-0.4, -0.2) is 23.6 Å². The van der Waals surface area contributed by atoms with Crippen LogP contribution in [0.25, 0.3) is 22.4 Å². The van der Waals surface area contributed by atoms with Gasteiger partial charge in [0.2, 0.25) is 0 Å². The predicted octanol–water partition coefficient (Wildman–Crippen LogP) is 3.26. The number of para-hydroxylation sites is 2. The Balaban J connectivity index is 1.97. The van der Waals surface area contributed by atoms with Crippen molar-refractivity contribution in [3.8, 4) is 11.4 Å². The number of aromatic nitrogens is 2. The number of rotatable bonds is 0. The van der Waals surface area contributed by atoms with E-state index in [1.807, 2.05) is 0 Å². The van der Waals surface area contributed by atoms with Gasteiger partial charge in [0.1, 0.15) is 0 Å². The number of anilines is 1. The van der Waals surface area contributed by atoms with E-state index in [1.54, 1.807) is 0 Å². The molecule has 5 rings (SSSR count). The first kappa shape index (κ1) is 13.8. The van der Waals surface area contributed by atoms with Crippen molar-refractivity contribution in [2.45, 2.75) is 19.8 Å². The van der Waals surface area contributed by atoms with Gasteiger partial charge in [-0.05, 0) is 43.5 Å². The van der Waals surface area contributed by atoms with Gasteiger partial charge in [-0.25, -0.2) is 9.56 Å². The van der Waals surface area contributed by atoms with Crippen LogP contribution in [0.15, 0.2) is 47.5 Å². The first-order valence-electron chi connectivity index (χ1n) is 8.69. The number of hydrogen-bond donors (Lipinski definition) is 0. The van der Waals surface area contributed by atoms with Crippen LogP contribution in [0.3, 0.4) is 0 Å². The van der Waals surface area contributed by atoms with E-state index in [9.17, 15) is 0 Å². The second-order valence-electron chi connectivity index (χ2n) is 6.72. The van der Waals surface area contributed by atoms with Crippen molar-refractivity contribution in [2.24, 2.45) is 12.0 Å². The highest BCUT2D eigenvalue weighted by molar-refractivity contribution is 6.10. The minimum absolute atomic E-state index is 0.905. The first-order chi connectivity index (χ1) is 11.8. The third-order valence-electron chi connectivity index (χ3n) is 5.26. The molecule has 0 unspecified atom stereocenters. The van der Waals surface area contributed by atoms with Gasteiger partial charge in [0.05, 0.1) is 18.3 Å². The second kappa shape index (κ2) is 4.94. The largest absolute Gasteiger partial charge is 0.302 e. The Morgan fingerprint density at radius 2 is 1.92 bits per heavy atom. The molecule has 4 heteroatoms. The molecule has 2 aliphatic rings. The molecule has 0 bridgehead atoms. The molecule has 2 aromatic carbocycles. The molecular weight excluding hydrogens is 296 g/mol. The zero-order valence-corrected chi connectivity index (χ0v) is 14.2. The van der Waals surface area contributed by atoms with Crippen LogP contribution < -0.4 is 9.47 Å². The molecule has 0 radical (unpaired) electrons. The standard InChI is InChI=1S/C20H21N4/c1-14-8-7-11-17-18(14)19-22(2)15-9-3-4-10-16(15)24(19)20-21-12-5-6-13-23(17)20/h3-4,7-11H,5-6,12-13H2,1-2H3/q+1. The van der Waals surface area contributed by atoms with Crippen molar-refractivity contribution in [1.29, 1.82) is 0 Å². The Bertz CT molecular complexity index is 996. The minimum Gasteiger partial charge on any atom is -0.291 e. The number of aliphatic imine (C=N–C) groups is 1. The molecule has 1 aromatic heterocycles. The average Bonchev–Trinajstić information content (AvgIpc) is 2.77. The Hall–Kier alpha value is -2.62. The lowest BCUT2D eigenvalue weighted by Crippen LogP contribution is -2.43. The molecule has 0 atom stereocenters. The maximum absolute atomic E-state index is 4.97. The van der Waals surface area contributed by atoms with Crippen LogP contribution in [0.2, 0.25) is 0 Å². The normalized spacial score (nSPS) is 16.2. The Kier molecular flexibility index (Phi) is 2.84. The van der Waals surface area contributed by atoms with E-state index in [1.165, 1.54) is 40.1 Å². The summed E-state index contributed by atoms with van der Waals surface area (Å²) in [5, 5.41) is 0. The Morgan fingerprint density at radius 1 is 1.04 bits per heavy atom. The SMILES string of the molecule is Cc1cccc2c1-c1n(c3ccccc3[n+]1C)C1=NCCCCN12. The summed E-state index contributed by atoms with van der Waals surface area (Å²) >= 11 is 0. The molecule has 24 heavy (non-hydrogen) atoms. The van der Waals surface area contributed by atoms with Crippen molar-refractivity contribution in [2.75, 3.05) is 18.0 Å². The van der Waals surface area contributed by atoms with Gasteiger partial charge in [-0.3, -0.25) is 4.90 Å². The highest BCUT2D eigenvalue weighted by Gasteiger charge is 2.39. The van der Waals surface area contributed by atoms with E-state index in [0.717, 1.165) is 25.5 Å². The summed E-state index contributed by atoms with van der Waals surface area (Å²) in [7, 11) is 2.16. The van der Waals surface area contributed by atoms with Gasteiger partial charge >= 0.3 is 5.96 Å². The van der Waals surface area contributed by atoms with Crippen LogP contribution in [0.5, 0.6) is 0 Å². The summed E-state index contributed by atoms with van der Waals surface area (Å²) in [6.45, 7) is 4.15. The lowest BCUT2D eigenvalue weighted by Gasteiger charge is -2.29. The van der Waals surface area contributed by atoms with Crippen LogP contribution in [0, 0.1) is 6.92 Å². The van der Waals surface area contributed by atoms with Crippen molar-refractivity contribution in [3.05, 3.63) is 48.0 Å². The maximum Gasteiger partial charge on any atom is 0.302 e. The van der Waals surface area contributed by atoms with Gasteiger partial charge < -0.3 is 0 Å². The minimum atomic E-state index is 0.905. The lowest BCUT2D eigenvalue weighted by atomic mass is 10.0. The van der Waals surface area contributed by atoms with E-state index in [2.05, 4.69) is 70.5 Å².